The Morgan fingerprint density at radius 2 is 2.15 bits per heavy atom. The summed E-state index contributed by atoms with van der Waals surface area (Å²) < 4.78 is 33.6. The Balaban J connectivity index is 2.76. The molecule has 1 heterocycles. The zero-order valence-corrected chi connectivity index (χ0v) is 14.5. The van der Waals surface area contributed by atoms with Crippen LogP contribution >= 0.6 is 22.0 Å². The van der Waals surface area contributed by atoms with Crippen LogP contribution in [-0.4, -0.2) is 36.6 Å². The maximum Gasteiger partial charge on any atom is 0.262 e. The van der Waals surface area contributed by atoms with Crippen molar-refractivity contribution in [1.29, 1.82) is 0 Å². The second-order valence-electron chi connectivity index (χ2n) is 4.41. The van der Waals surface area contributed by atoms with Crippen molar-refractivity contribution in [2.45, 2.75) is 31.2 Å². The first-order chi connectivity index (χ1) is 9.11. The molecule has 0 aliphatic heterocycles. The first kappa shape index (κ1) is 17.6. The Hall–Kier alpha value is -0.440. The lowest BCUT2D eigenvalue weighted by molar-refractivity contribution is 0.0943. The molecule has 5 nitrogen and oxygen atoms in total. The zero-order chi connectivity index (χ0) is 15.5. The van der Waals surface area contributed by atoms with Gasteiger partial charge in [0.2, 0.25) is 0 Å². The topological polar surface area (TPSA) is 80.3 Å². The minimum atomic E-state index is -3.83. The monoisotopic (exact) mass is 357 g/mol. The van der Waals surface area contributed by atoms with Crippen molar-refractivity contribution >= 4 is 47.8 Å². The van der Waals surface area contributed by atoms with Crippen molar-refractivity contribution in [2.75, 3.05) is 12.0 Å². The van der Waals surface area contributed by atoms with Crippen molar-refractivity contribution in [1.82, 2.24) is 5.32 Å². The molecular formula is C11H16ClNO4S3. The third-order valence-electron chi connectivity index (χ3n) is 2.57. The third kappa shape index (κ3) is 5.16. The number of carbonyl (C=O) groups is 1. The highest BCUT2D eigenvalue weighted by atomic mass is 35.7. The van der Waals surface area contributed by atoms with E-state index in [1.54, 1.807) is 13.2 Å². The second-order valence-corrected chi connectivity index (χ2v) is 9.75. The number of halogens is 1. The number of nitrogens with one attached hydrogen (secondary N) is 1. The number of thiophene rings is 1. The van der Waals surface area contributed by atoms with Gasteiger partial charge in [0.05, 0.1) is 9.77 Å². The molecule has 114 valence electrons. The SMILES string of the molecule is Cc1sc(C(=O)NC(C)CCS(C)=O)cc1S(=O)(=O)Cl. The van der Waals surface area contributed by atoms with E-state index in [2.05, 4.69) is 5.32 Å². The van der Waals surface area contributed by atoms with Gasteiger partial charge in [-0.2, -0.15) is 0 Å². The van der Waals surface area contributed by atoms with Crippen LogP contribution in [0.1, 0.15) is 27.9 Å². The molecular weight excluding hydrogens is 342 g/mol. The summed E-state index contributed by atoms with van der Waals surface area (Å²) >= 11 is 1.08. The summed E-state index contributed by atoms with van der Waals surface area (Å²) in [7, 11) is 0.550. The first-order valence-electron chi connectivity index (χ1n) is 5.77. The highest BCUT2D eigenvalue weighted by Gasteiger charge is 2.21. The summed E-state index contributed by atoms with van der Waals surface area (Å²) in [5.74, 6) is 0.158. The summed E-state index contributed by atoms with van der Waals surface area (Å²) in [5.41, 5.74) is 0. The molecule has 9 heteroatoms. The largest absolute Gasteiger partial charge is 0.349 e. The molecule has 0 radical (unpaired) electrons. The lowest BCUT2D eigenvalue weighted by Crippen LogP contribution is -2.33. The quantitative estimate of drug-likeness (QED) is 0.788. The van der Waals surface area contributed by atoms with Crippen LogP contribution in [0.2, 0.25) is 0 Å². The standard InChI is InChI=1S/C11H16ClNO4S3/c1-7(4-5-19(3)15)13-11(14)9-6-10(8(2)18-9)20(12,16)17/h6-7H,4-5H2,1-3H3,(H,13,14). The first-order valence-corrected chi connectivity index (χ1v) is 10.6. The number of hydrogen-bond acceptors (Lipinski definition) is 5. The summed E-state index contributed by atoms with van der Waals surface area (Å²) in [6.45, 7) is 3.41. The molecule has 0 fully saturated rings. The van der Waals surface area contributed by atoms with E-state index in [0.717, 1.165) is 11.3 Å². The molecule has 20 heavy (non-hydrogen) atoms. The smallest absolute Gasteiger partial charge is 0.262 e. The van der Waals surface area contributed by atoms with Gasteiger partial charge in [0.1, 0.15) is 0 Å². The molecule has 1 N–H and O–H groups in total. The molecule has 0 saturated heterocycles. The fraction of sp³-hybridized carbons (Fsp3) is 0.545. The molecule has 2 unspecified atom stereocenters. The van der Waals surface area contributed by atoms with E-state index in [1.165, 1.54) is 6.07 Å². The predicted molar refractivity (Wildman–Crippen MR) is 82.6 cm³/mol. The fourth-order valence-electron chi connectivity index (χ4n) is 1.53. The number of amides is 1. The molecule has 1 aromatic rings. The minimum absolute atomic E-state index is 0.0309. The van der Waals surface area contributed by atoms with Gasteiger partial charge in [0, 0.05) is 44.4 Å². The lowest BCUT2D eigenvalue weighted by atomic mass is 10.2. The van der Waals surface area contributed by atoms with Crippen molar-refractivity contribution in [3.63, 3.8) is 0 Å². The number of hydrogen-bond donors (Lipinski definition) is 1. The van der Waals surface area contributed by atoms with Gasteiger partial charge in [-0.05, 0) is 26.3 Å². The number of rotatable bonds is 6. The molecule has 1 aromatic heterocycles. The maximum absolute atomic E-state index is 12.0. The Morgan fingerprint density at radius 3 is 2.60 bits per heavy atom. The van der Waals surface area contributed by atoms with Crippen LogP contribution in [0.25, 0.3) is 0 Å². The van der Waals surface area contributed by atoms with E-state index in [4.69, 9.17) is 10.7 Å². The zero-order valence-electron chi connectivity index (χ0n) is 11.3. The van der Waals surface area contributed by atoms with E-state index in [-0.39, 0.29) is 16.8 Å². The molecule has 0 aliphatic carbocycles. The molecule has 0 aliphatic rings. The maximum atomic E-state index is 12.0. The second kappa shape index (κ2) is 7.02. The van der Waals surface area contributed by atoms with E-state index >= 15 is 0 Å². The highest BCUT2D eigenvalue weighted by molar-refractivity contribution is 8.13. The summed E-state index contributed by atoms with van der Waals surface area (Å²) in [5, 5.41) is 2.74. The Kier molecular flexibility index (Phi) is 6.18. The van der Waals surface area contributed by atoms with Crippen molar-refractivity contribution in [3.8, 4) is 0 Å². The van der Waals surface area contributed by atoms with Gasteiger partial charge in [-0.15, -0.1) is 11.3 Å². The molecule has 1 amide bonds. The summed E-state index contributed by atoms with van der Waals surface area (Å²) in [6, 6.07) is 1.15. The van der Waals surface area contributed by atoms with Crippen LogP contribution in [0.5, 0.6) is 0 Å². The van der Waals surface area contributed by atoms with Gasteiger partial charge in [-0.25, -0.2) is 8.42 Å². The normalized spacial score (nSPS) is 14.8. The van der Waals surface area contributed by atoms with Crippen LogP contribution < -0.4 is 5.32 Å². The molecule has 0 aromatic carbocycles. The Labute approximate surface area is 129 Å². The van der Waals surface area contributed by atoms with E-state index in [9.17, 15) is 17.4 Å². The van der Waals surface area contributed by atoms with Gasteiger partial charge in [0.25, 0.3) is 15.0 Å². The van der Waals surface area contributed by atoms with Crippen molar-refractivity contribution in [3.05, 3.63) is 15.8 Å². The average Bonchev–Trinajstić information content (AvgIpc) is 2.68. The van der Waals surface area contributed by atoms with E-state index in [1.807, 2.05) is 6.92 Å². The number of carbonyl (C=O) groups excluding carboxylic acids is 1. The van der Waals surface area contributed by atoms with Gasteiger partial charge in [-0.3, -0.25) is 9.00 Å². The van der Waals surface area contributed by atoms with Crippen LogP contribution in [0, 0.1) is 6.92 Å². The summed E-state index contributed by atoms with van der Waals surface area (Å²) in [4.78, 5) is 12.7. The predicted octanol–water partition coefficient (Wildman–Crippen LogP) is 1.87. The minimum Gasteiger partial charge on any atom is -0.349 e. The van der Waals surface area contributed by atoms with Crippen molar-refractivity contribution < 1.29 is 17.4 Å². The number of aryl methyl sites for hydroxylation is 1. The Bertz CT molecular complexity index is 624. The summed E-state index contributed by atoms with van der Waals surface area (Å²) in [6.07, 6.45) is 2.20. The van der Waals surface area contributed by atoms with E-state index < -0.39 is 19.9 Å². The highest BCUT2D eigenvalue weighted by Crippen LogP contribution is 2.28. The van der Waals surface area contributed by atoms with Crippen LogP contribution in [0.15, 0.2) is 11.0 Å². The van der Waals surface area contributed by atoms with Crippen LogP contribution in [0.3, 0.4) is 0 Å². The van der Waals surface area contributed by atoms with Gasteiger partial charge in [0.15, 0.2) is 0 Å². The average molecular weight is 358 g/mol. The van der Waals surface area contributed by atoms with Gasteiger partial charge < -0.3 is 5.32 Å². The van der Waals surface area contributed by atoms with Gasteiger partial charge in [-0.1, -0.05) is 0 Å². The van der Waals surface area contributed by atoms with E-state index in [0.29, 0.717) is 21.9 Å². The molecule has 0 saturated carbocycles. The molecule has 0 spiro atoms. The molecule has 1 rings (SSSR count). The Morgan fingerprint density at radius 1 is 1.55 bits per heavy atom. The van der Waals surface area contributed by atoms with Crippen LogP contribution in [-0.2, 0) is 19.9 Å². The fourth-order valence-corrected chi connectivity index (χ4v) is 4.78. The van der Waals surface area contributed by atoms with Gasteiger partial charge >= 0.3 is 0 Å². The lowest BCUT2D eigenvalue weighted by Gasteiger charge is -2.11. The molecule has 0 bridgehead atoms. The van der Waals surface area contributed by atoms with Crippen LogP contribution in [0.4, 0.5) is 0 Å². The third-order valence-corrected chi connectivity index (χ3v) is 6.01. The van der Waals surface area contributed by atoms with Crippen molar-refractivity contribution in [2.24, 2.45) is 0 Å². The molecule has 2 atom stereocenters.